The standard InChI is InChI=1S/C13H12F3NOS/c1-8-2-4-10(18-8)7-19-12-5-3-9(6-11(12)17)13(14,15)16/h2-6H,7,17H2,1H3. The van der Waals surface area contributed by atoms with E-state index in [0.717, 1.165) is 23.7 Å². The predicted molar refractivity (Wildman–Crippen MR) is 68.9 cm³/mol. The van der Waals surface area contributed by atoms with Crippen LogP contribution < -0.4 is 5.73 Å². The fourth-order valence-electron chi connectivity index (χ4n) is 1.57. The third kappa shape index (κ3) is 3.47. The zero-order chi connectivity index (χ0) is 14.0. The summed E-state index contributed by atoms with van der Waals surface area (Å²) in [6, 6.07) is 7.05. The van der Waals surface area contributed by atoms with Crippen LogP contribution in [0.3, 0.4) is 0 Å². The molecule has 1 aromatic carbocycles. The molecule has 102 valence electrons. The van der Waals surface area contributed by atoms with Crippen LogP contribution in [0, 0.1) is 6.92 Å². The van der Waals surface area contributed by atoms with Gasteiger partial charge in [0, 0.05) is 10.6 Å². The maximum absolute atomic E-state index is 12.5. The average Bonchev–Trinajstić information content (AvgIpc) is 2.72. The largest absolute Gasteiger partial charge is 0.465 e. The number of aryl methyl sites for hydroxylation is 1. The maximum Gasteiger partial charge on any atom is 0.416 e. The van der Waals surface area contributed by atoms with Crippen molar-refractivity contribution in [3.8, 4) is 0 Å². The summed E-state index contributed by atoms with van der Waals surface area (Å²) < 4.78 is 42.8. The van der Waals surface area contributed by atoms with Crippen molar-refractivity contribution >= 4 is 17.4 Å². The summed E-state index contributed by atoms with van der Waals surface area (Å²) in [6.45, 7) is 1.83. The van der Waals surface area contributed by atoms with Crippen LogP contribution in [0.5, 0.6) is 0 Å². The minimum absolute atomic E-state index is 0.128. The molecule has 0 radical (unpaired) electrons. The van der Waals surface area contributed by atoms with E-state index in [-0.39, 0.29) is 5.69 Å². The van der Waals surface area contributed by atoms with Gasteiger partial charge in [-0.1, -0.05) is 0 Å². The second kappa shape index (κ2) is 5.21. The van der Waals surface area contributed by atoms with Gasteiger partial charge >= 0.3 is 6.18 Å². The van der Waals surface area contributed by atoms with E-state index < -0.39 is 11.7 Å². The van der Waals surface area contributed by atoms with Crippen LogP contribution in [-0.2, 0) is 11.9 Å². The van der Waals surface area contributed by atoms with E-state index in [1.165, 1.54) is 17.8 Å². The smallest absolute Gasteiger partial charge is 0.416 e. The summed E-state index contributed by atoms with van der Waals surface area (Å²) in [4.78, 5) is 0.613. The summed E-state index contributed by atoms with van der Waals surface area (Å²) in [5, 5.41) is 0. The molecule has 0 bridgehead atoms. The van der Waals surface area contributed by atoms with Crippen LogP contribution in [0.15, 0.2) is 39.6 Å². The van der Waals surface area contributed by atoms with Gasteiger partial charge in [-0.3, -0.25) is 0 Å². The molecule has 0 spiro atoms. The Kier molecular flexibility index (Phi) is 3.80. The minimum Gasteiger partial charge on any atom is -0.465 e. The lowest BCUT2D eigenvalue weighted by Gasteiger charge is -2.10. The molecule has 1 heterocycles. The van der Waals surface area contributed by atoms with Gasteiger partial charge in [-0.2, -0.15) is 13.2 Å². The molecule has 19 heavy (non-hydrogen) atoms. The van der Waals surface area contributed by atoms with Crippen LogP contribution in [-0.4, -0.2) is 0 Å². The molecular weight excluding hydrogens is 275 g/mol. The Balaban J connectivity index is 2.09. The average molecular weight is 287 g/mol. The SMILES string of the molecule is Cc1ccc(CSc2ccc(C(F)(F)F)cc2N)o1. The molecule has 0 aliphatic carbocycles. The van der Waals surface area contributed by atoms with Gasteiger partial charge in [0.2, 0.25) is 0 Å². The Bertz CT molecular complexity index is 578. The molecule has 1 aromatic heterocycles. The number of nitrogens with two attached hydrogens (primary N) is 1. The first-order valence-electron chi connectivity index (χ1n) is 5.51. The molecule has 2 N–H and O–H groups in total. The summed E-state index contributed by atoms with van der Waals surface area (Å²) in [6.07, 6.45) is -4.37. The van der Waals surface area contributed by atoms with Crippen molar-refractivity contribution in [3.05, 3.63) is 47.4 Å². The van der Waals surface area contributed by atoms with Crippen molar-refractivity contribution < 1.29 is 17.6 Å². The Morgan fingerprint density at radius 3 is 2.47 bits per heavy atom. The van der Waals surface area contributed by atoms with E-state index in [2.05, 4.69) is 0 Å². The topological polar surface area (TPSA) is 39.2 Å². The highest BCUT2D eigenvalue weighted by Crippen LogP contribution is 2.35. The highest BCUT2D eigenvalue weighted by atomic mass is 32.2. The van der Waals surface area contributed by atoms with Crippen molar-refractivity contribution in [2.45, 2.75) is 23.7 Å². The molecule has 0 fully saturated rings. The minimum atomic E-state index is -4.37. The molecule has 0 saturated heterocycles. The first kappa shape index (κ1) is 13.9. The third-order valence-corrected chi connectivity index (χ3v) is 3.61. The number of alkyl halides is 3. The number of nitrogen functional groups attached to an aromatic ring is 1. The van der Waals surface area contributed by atoms with E-state index in [1.807, 2.05) is 19.1 Å². The molecule has 0 amide bonds. The Morgan fingerprint density at radius 2 is 1.95 bits per heavy atom. The number of rotatable bonds is 3. The molecule has 2 nitrogen and oxygen atoms in total. The number of hydrogen-bond donors (Lipinski definition) is 1. The van der Waals surface area contributed by atoms with Crippen molar-refractivity contribution in [1.82, 2.24) is 0 Å². The lowest BCUT2D eigenvalue weighted by Crippen LogP contribution is -2.05. The summed E-state index contributed by atoms with van der Waals surface area (Å²) in [5.41, 5.74) is 5.03. The zero-order valence-electron chi connectivity index (χ0n) is 10.1. The van der Waals surface area contributed by atoms with Crippen molar-refractivity contribution in [1.29, 1.82) is 0 Å². The van der Waals surface area contributed by atoms with Crippen LogP contribution >= 0.6 is 11.8 Å². The fourth-order valence-corrected chi connectivity index (χ4v) is 2.41. The summed E-state index contributed by atoms with van der Waals surface area (Å²) in [5.74, 6) is 2.10. The van der Waals surface area contributed by atoms with Crippen molar-refractivity contribution in [3.63, 3.8) is 0 Å². The van der Waals surface area contributed by atoms with Crippen LogP contribution in [0.4, 0.5) is 18.9 Å². The normalized spacial score (nSPS) is 11.8. The molecule has 2 aromatic rings. The monoisotopic (exact) mass is 287 g/mol. The zero-order valence-corrected chi connectivity index (χ0v) is 10.9. The second-order valence-corrected chi connectivity index (χ2v) is 5.07. The second-order valence-electron chi connectivity index (χ2n) is 4.05. The van der Waals surface area contributed by atoms with Gasteiger partial charge in [0.25, 0.3) is 0 Å². The molecule has 0 unspecified atom stereocenters. The van der Waals surface area contributed by atoms with Gasteiger partial charge in [0.05, 0.1) is 11.3 Å². The molecule has 0 aliphatic rings. The third-order valence-electron chi connectivity index (χ3n) is 2.50. The van der Waals surface area contributed by atoms with Crippen molar-refractivity contribution in [2.24, 2.45) is 0 Å². The van der Waals surface area contributed by atoms with E-state index in [9.17, 15) is 13.2 Å². The number of halogens is 3. The van der Waals surface area contributed by atoms with E-state index in [1.54, 1.807) is 0 Å². The summed E-state index contributed by atoms with van der Waals surface area (Å²) in [7, 11) is 0. The van der Waals surface area contributed by atoms with Crippen LogP contribution in [0.2, 0.25) is 0 Å². The molecule has 0 aliphatic heterocycles. The van der Waals surface area contributed by atoms with Gasteiger partial charge in [0.1, 0.15) is 11.5 Å². The van der Waals surface area contributed by atoms with E-state index >= 15 is 0 Å². The number of thioether (sulfide) groups is 1. The van der Waals surface area contributed by atoms with E-state index in [0.29, 0.717) is 10.6 Å². The molecule has 0 atom stereocenters. The Hall–Kier alpha value is -1.56. The first-order chi connectivity index (χ1) is 8.86. The molecule has 0 saturated carbocycles. The number of benzene rings is 1. The van der Waals surface area contributed by atoms with Gasteiger partial charge < -0.3 is 10.2 Å². The molecular formula is C13H12F3NOS. The first-order valence-corrected chi connectivity index (χ1v) is 6.49. The fraction of sp³-hybridized carbons (Fsp3) is 0.231. The van der Waals surface area contributed by atoms with Gasteiger partial charge in [-0.15, -0.1) is 11.8 Å². The highest BCUT2D eigenvalue weighted by molar-refractivity contribution is 7.98. The maximum atomic E-state index is 12.5. The van der Waals surface area contributed by atoms with Crippen LogP contribution in [0.1, 0.15) is 17.1 Å². The Morgan fingerprint density at radius 1 is 1.21 bits per heavy atom. The number of hydrogen-bond acceptors (Lipinski definition) is 3. The summed E-state index contributed by atoms with van der Waals surface area (Å²) >= 11 is 1.35. The number of furan rings is 1. The molecule has 2 rings (SSSR count). The van der Waals surface area contributed by atoms with Gasteiger partial charge in [-0.25, -0.2) is 0 Å². The van der Waals surface area contributed by atoms with Crippen LogP contribution in [0.25, 0.3) is 0 Å². The van der Waals surface area contributed by atoms with E-state index in [4.69, 9.17) is 10.2 Å². The van der Waals surface area contributed by atoms with Gasteiger partial charge in [-0.05, 0) is 37.3 Å². The molecule has 6 heteroatoms. The van der Waals surface area contributed by atoms with Crippen molar-refractivity contribution in [2.75, 3.05) is 5.73 Å². The predicted octanol–water partition coefficient (Wildman–Crippen LogP) is 4.48. The highest BCUT2D eigenvalue weighted by Gasteiger charge is 2.30. The van der Waals surface area contributed by atoms with Gasteiger partial charge in [0.15, 0.2) is 0 Å². The quantitative estimate of drug-likeness (QED) is 0.668. The Labute approximate surface area is 112 Å². The number of anilines is 1. The lowest BCUT2D eigenvalue weighted by molar-refractivity contribution is -0.137. The lowest BCUT2D eigenvalue weighted by atomic mass is 10.2.